The number of alkyl halides is 3. The molecule has 1 saturated heterocycles. The standard InChI is InChI=1S/C18H20F3N3OS/c19-18(20,21)15-6-1-2-7-16(15)22-17(26)24-9-4-8-23(10-11-24)13-14-5-3-12-25-14/h1-3,5-7,12H,4,8-11,13H2,(H,22,26). The molecule has 0 saturated carbocycles. The van der Waals surface area contributed by atoms with Gasteiger partial charge in [-0.05, 0) is 42.9 Å². The highest BCUT2D eigenvalue weighted by Gasteiger charge is 2.33. The number of furan rings is 1. The first-order valence-electron chi connectivity index (χ1n) is 8.40. The van der Waals surface area contributed by atoms with Crippen LogP contribution in [0.25, 0.3) is 0 Å². The third-order valence-electron chi connectivity index (χ3n) is 4.31. The van der Waals surface area contributed by atoms with Crippen molar-refractivity contribution < 1.29 is 17.6 Å². The molecule has 1 fully saturated rings. The van der Waals surface area contributed by atoms with Crippen LogP contribution < -0.4 is 5.32 Å². The molecule has 0 radical (unpaired) electrons. The molecule has 0 atom stereocenters. The summed E-state index contributed by atoms with van der Waals surface area (Å²) in [7, 11) is 0. The number of benzene rings is 1. The Hall–Kier alpha value is -2.06. The molecule has 1 aliphatic heterocycles. The van der Waals surface area contributed by atoms with Gasteiger partial charge in [-0.1, -0.05) is 12.1 Å². The molecule has 1 aromatic carbocycles. The maximum absolute atomic E-state index is 13.1. The molecule has 1 aromatic heterocycles. The molecule has 0 unspecified atom stereocenters. The average Bonchev–Trinajstić information content (AvgIpc) is 2.98. The van der Waals surface area contributed by atoms with Crippen LogP contribution in [0.1, 0.15) is 17.7 Å². The van der Waals surface area contributed by atoms with Gasteiger partial charge in [-0.2, -0.15) is 13.2 Å². The molecule has 0 aliphatic carbocycles. The zero-order valence-electron chi connectivity index (χ0n) is 14.1. The third kappa shape index (κ3) is 4.76. The minimum absolute atomic E-state index is 0.0123. The van der Waals surface area contributed by atoms with Crippen LogP contribution in [0.2, 0.25) is 0 Å². The summed E-state index contributed by atoms with van der Waals surface area (Å²) in [6.45, 7) is 3.73. The van der Waals surface area contributed by atoms with Gasteiger partial charge in [0.05, 0.1) is 24.1 Å². The van der Waals surface area contributed by atoms with E-state index in [1.54, 1.807) is 12.3 Å². The first-order chi connectivity index (χ1) is 12.4. The van der Waals surface area contributed by atoms with E-state index < -0.39 is 11.7 Å². The fraction of sp³-hybridized carbons (Fsp3) is 0.389. The smallest absolute Gasteiger partial charge is 0.418 e. The Labute approximate surface area is 155 Å². The largest absolute Gasteiger partial charge is 0.468 e. The van der Waals surface area contributed by atoms with Crippen LogP contribution in [0.3, 0.4) is 0 Å². The van der Waals surface area contributed by atoms with Gasteiger partial charge >= 0.3 is 6.18 Å². The number of para-hydroxylation sites is 1. The van der Waals surface area contributed by atoms with Gasteiger partial charge in [-0.3, -0.25) is 4.90 Å². The van der Waals surface area contributed by atoms with E-state index in [2.05, 4.69) is 10.2 Å². The first kappa shape index (κ1) is 18.7. The number of hydrogen-bond acceptors (Lipinski definition) is 3. The van der Waals surface area contributed by atoms with Crippen LogP contribution in [0.4, 0.5) is 18.9 Å². The zero-order valence-corrected chi connectivity index (χ0v) is 14.9. The summed E-state index contributed by atoms with van der Waals surface area (Å²) in [5.41, 5.74) is -0.724. The fourth-order valence-electron chi connectivity index (χ4n) is 2.99. The van der Waals surface area contributed by atoms with Crippen molar-refractivity contribution in [2.24, 2.45) is 0 Å². The maximum Gasteiger partial charge on any atom is 0.418 e. The number of halogens is 3. The Bertz CT molecular complexity index is 734. The molecular formula is C18H20F3N3OS. The zero-order chi connectivity index (χ0) is 18.6. The Balaban J connectivity index is 1.61. The monoisotopic (exact) mass is 383 g/mol. The highest BCUT2D eigenvalue weighted by molar-refractivity contribution is 7.80. The summed E-state index contributed by atoms with van der Waals surface area (Å²) >= 11 is 5.36. The van der Waals surface area contributed by atoms with Gasteiger partial charge in [0, 0.05) is 26.2 Å². The van der Waals surface area contributed by atoms with Gasteiger partial charge in [0.1, 0.15) is 5.76 Å². The topological polar surface area (TPSA) is 31.6 Å². The van der Waals surface area contributed by atoms with Crippen LogP contribution in [0, 0.1) is 0 Å². The van der Waals surface area contributed by atoms with Crippen molar-refractivity contribution in [3.63, 3.8) is 0 Å². The molecule has 1 aliphatic rings. The minimum Gasteiger partial charge on any atom is -0.468 e. The number of rotatable bonds is 3. The SMILES string of the molecule is FC(F)(F)c1ccccc1NC(=S)N1CCCN(Cc2ccco2)CC1. The number of thiocarbonyl (C=S) groups is 1. The van der Waals surface area contributed by atoms with Gasteiger partial charge < -0.3 is 14.6 Å². The summed E-state index contributed by atoms with van der Waals surface area (Å²) in [6, 6.07) is 9.18. The van der Waals surface area contributed by atoms with Crippen molar-refractivity contribution in [3.8, 4) is 0 Å². The third-order valence-corrected chi connectivity index (χ3v) is 4.67. The second-order valence-electron chi connectivity index (χ2n) is 6.17. The van der Waals surface area contributed by atoms with Crippen LogP contribution in [-0.4, -0.2) is 41.1 Å². The molecule has 0 amide bonds. The Morgan fingerprint density at radius 1 is 1.08 bits per heavy atom. The molecule has 0 spiro atoms. The molecule has 8 heteroatoms. The van der Waals surface area contributed by atoms with Gasteiger partial charge in [-0.15, -0.1) is 0 Å². The number of anilines is 1. The van der Waals surface area contributed by atoms with E-state index in [1.165, 1.54) is 12.1 Å². The van der Waals surface area contributed by atoms with Gasteiger partial charge in [0.15, 0.2) is 5.11 Å². The second kappa shape index (κ2) is 8.09. The van der Waals surface area contributed by atoms with Crippen molar-refractivity contribution >= 4 is 23.0 Å². The van der Waals surface area contributed by atoms with E-state index in [1.807, 2.05) is 17.0 Å². The molecule has 140 valence electrons. The van der Waals surface area contributed by atoms with E-state index in [0.717, 1.165) is 37.9 Å². The van der Waals surface area contributed by atoms with Crippen LogP contribution >= 0.6 is 12.2 Å². The molecule has 26 heavy (non-hydrogen) atoms. The highest BCUT2D eigenvalue weighted by atomic mass is 32.1. The van der Waals surface area contributed by atoms with E-state index in [4.69, 9.17) is 16.6 Å². The van der Waals surface area contributed by atoms with Crippen molar-refractivity contribution in [1.82, 2.24) is 9.80 Å². The van der Waals surface area contributed by atoms with Gasteiger partial charge in [-0.25, -0.2) is 0 Å². The van der Waals surface area contributed by atoms with E-state index in [0.29, 0.717) is 18.2 Å². The predicted molar refractivity (Wildman–Crippen MR) is 97.8 cm³/mol. The molecule has 1 N–H and O–H groups in total. The Morgan fingerprint density at radius 3 is 2.62 bits per heavy atom. The maximum atomic E-state index is 13.1. The van der Waals surface area contributed by atoms with Crippen LogP contribution in [0.5, 0.6) is 0 Å². The summed E-state index contributed by atoms with van der Waals surface area (Å²) in [6.07, 6.45) is -1.89. The fourth-order valence-corrected chi connectivity index (χ4v) is 3.28. The molecule has 2 aromatic rings. The lowest BCUT2D eigenvalue weighted by Crippen LogP contribution is -2.38. The minimum atomic E-state index is -4.42. The Morgan fingerprint density at radius 2 is 1.88 bits per heavy atom. The number of nitrogens with zero attached hydrogens (tertiary/aromatic N) is 2. The van der Waals surface area contributed by atoms with Crippen molar-refractivity contribution in [3.05, 3.63) is 54.0 Å². The summed E-state index contributed by atoms with van der Waals surface area (Å²) in [5.74, 6) is 0.901. The molecule has 0 bridgehead atoms. The normalized spacial score (nSPS) is 16.3. The second-order valence-corrected chi connectivity index (χ2v) is 6.56. The number of hydrogen-bond donors (Lipinski definition) is 1. The summed E-state index contributed by atoms with van der Waals surface area (Å²) < 4.78 is 44.8. The average molecular weight is 383 g/mol. The van der Waals surface area contributed by atoms with Crippen LogP contribution in [-0.2, 0) is 12.7 Å². The highest BCUT2D eigenvalue weighted by Crippen LogP contribution is 2.34. The van der Waals surface area contributed by atoms with E-state index >= 15 is 0 Å². The van der Waals surface area contributed by atoms with Gasteiger partial charge in [0.2, 0.25) is 0 Å². The quantitative estimate of drug-likeness (QED) is 0.803. The lowest BCUT2D eigenvalue weighted by molar-refractivity contribution is -0.136. The Kier molecular flexibility index (Phi) is 5.83. The number of nitrogens with one attached hydrogen (secondary N) is 1. The van der Waals surface area contributed by atoms with Crippen molar-refractivity contribution in [2.45, 2.75) is 19.1 Å². The molecule has 4 nitrogen and oxygen atoms in total. The lowest BCUT2D eigenvalue weighted by atomic mass is 10.1. The van der Waals surface area contributed by atoms with E-state index in [9.17, 15) is 13.2 Å². The van der Waals surface area contributed by atoms with E-state index in [-0.39, 0.29) is 5.69 Å². The van der Waals surface area contributed by atoms with Crippen molar-refractivity contribution in [1.29, 1.82) is 0 Å². The van der Waals surface area contributed by atoms with Crippen molar-refractivity contribution in [2.75, 3.05) is 31.5 Å². The molecule has 3 rings (SSSR count). The van der Waals surface area contributed by atoms with Gasteiger partial charge in [0.25, 0.3) is 0 Å². The summed E-state index contributed by atoms with van der Waals surface area (Å²) in [4.78, 5) is 4.18. The molecule has 2 heterocycles. The summed E-state index contributed by atoms with van der Waals surface area (Å²) in [5, 5.41) is 3.10. The van der Waals surface area contributed by atoms with Crippen LogP contribution in [0.15, 0.2) is 47.1 Å². The first-order valence-corrected chi connectivity index (χ1v) is 8.81. The predicted octanol–water partition coefficient (Wildman–Crippen LogP) is 4.20. The lowest BCUT2D eigenvalue weighted by Gasteiger charge is -2.25. The molecular weight excluding hydrogens is 363 g/mol.